The lowest BCUT2D eigenvalue weighted by molar-refractivity contribution is 0.669. The van der Waals surface area contributed by atoms with Crippen LogP contribution in [0.1, 0.15) is 0 Å². The summed E-state index contributed by atoms with van der Waals surface area (Å²) in [5.41, 5.74) is 5.07. The summed E-state index contributed by atoms with van der Waals surface area (Å²) in [5, 5.41) is 12.5. The van der Waals surface area contributed by atoms with E-state index in [1.807, 2.05) is 12.1 Å². The molecule has 0 radical (unpaired) electrons. The highest BCUT2D eigenvalue weighted by Gasteiger charge is 2.16. The van der Waals surface area contributed by atoms with Gasteiger partial charge in [0, 0.05) is 33.9 Å². The Morgan fingerprint density at radius 1 is 0.310 bits per heavy atom. The molecule has 0 atom stereocenters. The summed E-state index contributed by atoms with van der Waals surface area (Å²) in [4.78, 5) is 2.31. The topological polar surface area (TPSA) is 16.4 Å². The zero-order valence-corrected chi connectivity index (χ0v) is 22.8. The highest BCUT2D eigenvalue weighted by atomic mass is 16.3. The molecule has 0 unspecified atom stereocenters. The zero-order valence-electron chi connectivity index (χ0n) is 22.8. The van der Waals surface area contributed by atoms with Gasteiger partial charge in [-0.3, -0.25) is 0 Å². The van der Waals surface area contributed by atoms with E-state index in [2.05, 4.69) is 144 Å². The van der Waals surface area contributed by atoms with Crippen LogP contribution in [0.2, 0.25) is 0 Å². The van der Waals surface area contributed by atoms with Crippen LogP contribution >= 0.6 is 0 Å². The van der Waals surface area contributed by atoms with Crippen LogP contribution in [0.3, 0.4) is 0 Å². The lowest BCUT2D eigenvalue weighted by Crippen LogP contribution is -2.09. The molecule has 0 saturated carbocycles. The molecule has 9 aromatic rings. The van der Waals surface area contributed by atoms with Crippen LogP contribution in [-0.2, 0) is 0 Å². The van der Waals surface area contributed by atoms with Crippen molar-refractivity contribution in [1.82, 2.24) is 0 Å². The quantitative estimate of drug-likeness (QED) is 0.209. The predicted octanol–water partition coefficient (Wildman–Crippen LogP) is 11.7. The van der Waals surface area contributed by atoms with Crippen LogP contribution in [0, 0.1) is 0 Å². The second kappa shape index (κ2) is 8.95. The first-order valence-electron chi connectivity index (χ1n) is 14.4. The summed E-state index contributed by atoms with van der Waals surface area (Å²) in [6, 6.07) is 54.4. The summed E-state index contributed by atoms with van der Waals surface area (Å²) in [7, 11) is 0. The van der Waals surface area contributed by atoms with E-state index >= 15 is 0 Å². The van der Waals surface area contributed by atoms with Gasteiger partial charge in [-0.15, -0.1) is 0 Å². The van der Waals surface area contributed by atoms with E-state index in [9.17, 15) is 0 Å². The molecule has 0 aliphatic rings. The number of furan rings is 1. The molecule has 42 heavy (non-hydrogen) atoms. The summed E-state index contributed by atoms with van der Waals surface area (Å²) < 4.78 is 6.27. The summed E-state index contributed by atoms with van der Waals surface area (Å²) in [6.45, 7) is 0. The van der Waals surface area contributed by atoms with Crippen molar-refractivity contribution in [2.75, 3.05) is 4.90 Å². The van der Waals surface area contributed by atoms with Crippen LogP contribution in [0.15, 0.2) is 156 Å². The van der Waals surface area contributed by atoms with Crippen molar-refractivity contribution in [3.05, 3.63) is 152 Å². The number of fused-ring (bicyclic) bond motifs is 10. The maximum absolute atomic E-state index is 6.27. The third-order valence-electron chi connectivity index (χ3n) is 8.62. The lowest BCUT2D eigenvalue weighted by atomic mass is 9.94. The molecule has 8 aromatic carbocycles. The third-order valence-corrected chi connectivity index (χ3v) is 8.62. The molecule has 2 heteroatoms. The summed E-state index contributed by atoms with van der Waals surface area (Å²) in [6.07, 6.45) is 0. The first-order valence-corrected chi connectivity index (χ1v) is 14.4. The number of anilines is 3. The van der Waals surface area contributed by atoms with Gasteiger partial charge in [0.2, 0.25) is 0 Å². The molecular formula is C40H25NO. The fourth-order valence-electron chi connectivity index (χ4n) is 6.65. The van der Waals surface area contributed by atoms with Gasteiger partial charge >= 0.3 is 0 Å². The molecular weight excluding hydrogens is 510 g/mol. The van der Waals surface area contributed by atoms with Gasteiger partial charge in [0.05, 0.1) is 0 Å². The van der Waals surface area contributed by atoms with Crippen molar-refractivity contribution in [2.24, 2.45) is 0 Å². The minimum atomic E-state index is 0.890. The zero-order chi connectivity index (χ0) is 27.6. The van der Waals surface area contributed by atoms with Crippen molar-refractivity contribution in [3.8, 4) is 0 Å². The number of nitrogens with zero attached hydrogens (tertiary/aromatic N) is 1. The van der Waals surface area contributed by atoms with Crippen LogP contribution in [0.4, 0.5) is 17.1 Å². The maximum Gasteiger partial charge on any atom is 0.137 e. The minimum Gasteiger partial charge on any atom is -0.456 e. The molecule has 0 aliphatic carbocycles. The van der Waals surface area contributed by atoms with Crippen molar-refractivity contribution >= 4 is 82.1 Å². The Morgan fingerprint density at radius 3 is 1.64 bits per heavy atom. The Labute approximate surface area is 242 Å². The molecule has 2 nitrogen and oxygen atoms in total. The number of benzene rings is 8. The highest BCUT2D eigenvalue weighted by Crippen LogP contribution is 2.41. The van der Waals surface area contributed by atoms with Gasteiger partial charge in [-0.2, -0.15) is 0 Å². The largest absolute Gasteiger partial charge is 0.456 e. The van der Waals surface area contributed by atoms with Gasteiger partial charge in [-0.05, 0) is 85.6 Å². The van der Waals surface area contributed by atoms with Crippen LogP contribution in [0.25, 0.3) is 65.0 Å². The Morgan fingerprint density at radius 2 is 0.833 bits per heavy atom. The van der Waals surface area contributed by atoms with E-state index in [1.165, 1.54) is 43.1 Å². The van der Waals surface area contributed by atoms with E-state index in [0.29, 0.717) is 0 Å². The fraction of sp³-hybridized carbons (Fsp3) is 0. The van der Waals surface area contributed by atoms with Crippen molar-refractivity contribution in [2.45, 2.75) is 0 Å². The molecule has 0 N–H and O–H groups in total. The fourth-order valence-corrected chi connectivity index (χ4v) is 6.65. The van der Waals surface area contributed by atoms with Crippen LogP contribution in [-0.4, -0.2) is 0 Å². The number of hydrogen-bond acceptors (Lipinski definition) is 2. The number of hydrogen-bond donors (Lipinski definition) is 0. The first kappa shape index (κ1) is 23.1. The van der Waals surface area contributed by atoms with Crippen molar-refractivity contribution in [3.63, 3.8) is 0 Å². The SMILES string of the molecule is c1ccc(N(c2ccc3c(ccc4c3ccc3c5ccccc5ccc34)c2)c2ccc3c(c2)oc2ccccc23)cc1. The molecule has 0 fully saturated rings. The normalized spacial score (nSPS) is 11.8. The average molecular weight is 536 g/mol. The molecule has 1 aromatic heterocycles. The molecule has 0 spiro atoms. The van der Waals surface area contributed by atoms with Gasteiger partial charge in [0.15, 0.2) is 0 Å². The van der Waals surface area contributed by atoms with Gasteiger partial charge in [-0.1, -0.05) is 103 Å². The maximum atomic E-state index is 6.27. The molecule has 196 valence electrons. The molecule has 1 heterocycles. The van der Waals surface area contributed by atoms with E-state index in [4.69, 9.17) is 4.42 Å². The minimum absolute atomic E-state index is 0.890. The lowest BCUT2D eigenvalue weighted by Gasteiger charge is -2.26. The predicted molar refractivity (Wildman–Crippen MR) is 178 cm³/mol. The Bertz CT molecular complexity index is 2470. The van der Waals surface area contributed by atoms with E-state index in [-0.39, 0.29) is 0 Å². The van der Waals surface area contributed by atoms with Gasteiger partial charge in [0.1, 0.15) is 11.2 Å². The molecule has 9 rings (SSSR count). The molecule has 0 saturated heterocycles. The van der Waals surface area contributed by atoms with Crippen LogP contribution in [0.5, 0.6) is 0 Å². The Hall–Kier alpha value is -5.60. The highest BCUT2D eigenvalue weighted by molar-refractivity contribution is 6.22. The van der Waals surface area contributed by atoms with Gasteiger partial charge in [0.25, 0.3) is 0 Å². The Kier molecular flexibility index (Phi) is 4.93. The number of rotatable bonds is 3. The molecule has 0 bridgehead atoms. The second-order valence-corrected chi connectivity index (χ2v) is 11.0. The average Bonchev–Trinajstić information content (AvgIpc) is 3.43. The standard InChI is InChI=1S/C40H25NO/c1-2-9-28(10-3-1)41(30-17-21-38-37-12-6-7-13-39(37)42-40(38)25-30)29-16-20-32-27(24-29)15-19-36-34(32)23-22-33-31-11-5-4-8-26(31)14-18-35(33)36/h1-25H. The van der Waals surface area contributed by atoms with E-state index < -0.39 is 0 Å². The smallest absolute Gasteiger partial charge is 0.137 e. The monoisotopic (exact) mass is 535 g/mol. The van der Waals surface area contributed by atoms with E-state index in [0.717, 1.165) is 39.0 Å². The first-order chi connectivity index (χ1) is 20.8. The third kappa shape index (κ3) is 3.45. The molecule has 0 amide bonds. The van der Waals surface area contributed by atoms with E-state index in [1.54, 1.807) is 0 Å². The Balaban J connectivity index is 1.23. The molecule has 0 aliphatic heterocycles. The van der Waals surface area contributed by atoms with Crippen molar-refractivity contribution < 1.29 is 4.42 Å². The van der Waals surface area contributed by atoms with Gasteiger partial charge in [-0.25, -0.2) is 0 Å². The summed E-state index contributed by atoms with van der Waals surface area (Å²) >= 11 is 0. The second-order valence-electron chi connectivity index (χ2n) is 11.0. The van der Waals surface area contributed by atoms with Gasteiger partial charge < -0.3 is 9.32 Å². The summed E-state index contributed by atoms with van der Waals surface area (Å²) in [5.74, 6) is 0. The van der Waals surface area contributed by atoms with Crippen LogP contribution < -0.4 is 4.90 Å². The van der Waals surface area contributed by atoms with Crippen molar-refractivity contribution in [1.29, 1.82) is 0 Å². The number of para-hydroxylation sites is 2.